The van der Waals surface area contributed by atoms with E-state index in [0.717, 1.165) is 24.1 Å². The molecule has 6 nitrogen and oxygen atoms in total. The molecule has 1 heterocycles. The Balaban J connectivity index is 2.04. The van der Waals surface area contributed by atoms with Crippen molar-refractivity contribution in [2.75, 3.05) is 13.7 Å². The van der Waals surface area contributed by atoms with Crippen LogP contribution in [0.3, 0.4) is 0 Å². The molecule has 29 heavy (non-hydrogen) atoms. The Labute approximate surface area is 171 Å². The highest BCUT2D eigenvalue weighted by Gasteiger charge is 2.43. The summed E-state index contributed by atoms with van der Waals surface area (Å²) in [5, 5.41) is 0. The van der Waals surface area contributed by atoms with E-state index in [2.05, 4.69) is 4.99 Å². The van der Waals surface area contributed by atoms with E-state index in [1.807, 2.05) is 20.8 Å². The topological polar surface area (TPSA) is 82.0 Å². The van der Waals surface area contributed by atoms with Gasteiger partial charge in [-0.3, -0.25) is 14.6 Å². The molecule has 0 saturated carbocycles. The molecule has 0 saturated heterocycles. The molecule has 0 bridgehead atoms. The van der Waals surface area contributed by atoms with Gasteiger partial charge < -0.3 is 9.47 Å². The molecule has 0 spiro atoms. The fourth-order valence-corrected chi connectivity index (χ4v) is 3.95. The number of hydrogen-bond donors (Lipinski definition) is 0. The van der Waals surface area contributed by atoms with E-state index in [-0.39, 0.29) is 17.7 Å². The second-order valence-corrected chi connectivity index (χ2v) is 7.98. The van der Waals surface area contributed by atoms with Gasteiger partial charge in [0.2, 0.25) is 0 Å². The van der Waals surface area contributed by atoms with E-state index in [1.54, 1.807) is 24.3 Å². The van der Waals surface area contributed by atoms with Crippen molar-refractivity contribution in [2.45, 2.75) is 46.0 Å². The van der Waals surface area contributed by atoms with Crippen LogP contribution >= 0.6 is 0 Å². The fourth-order valence-electron chi connectivity index (χ4n) is 3.95. The standard InChI is InChI=1S/C23H27NO5/c1-13(2)12-29-23(27)19-14(3)24-17-6-5-7-18(25)21(17)20(19)15-8-10-16(11-9-15)22(26)28-4/h8-11,13,19-20H,5-7,12H2,1-4H3/t19?,20-/m1/s1. The van der Waals surface area contributed by atoms with E-state index < -0.39 is 17.8 Å². The van der Waals surface area contributed by atoms with Gasteiger partial charge in [-0.2, -0.15) is 0 Å². The van der Waals surface area contributed by atoms with Crippen LogP contribution in [0.15, 0.2) is 40.5 Å². The summed E-state index contributed by atoms with van der Waals surface area (Å²) < 4.78 is 10.3. The van der Waals surface area contributed by atoms with Gasteiger partial charge in [0.1, 0.15) is 5.92 Å². The normalized spacial score (nSPS) is 21.6. The maximum atomic E-state index is 13.0. The van der Waals surface area contributed by atoms with Gasteiger partial charge >= 0.3 is 11.9 Å². The average Bonchev–Trinajstić information content (AvgIpc) is 2.70. The smallest absolute Gasteiger partial charge is 0.337 e. The summed E-state index contributed by atoms with van der Waals surface area (Å²) in [6.45, 7) is 6.09. The SMILES string of the molecule is COC(=O)c1ccc([C@H]2C3=C(CCCC3=O)N=C(C)C2C(=O)OCC(C)C)cc1. The highest BCUT2D eigenvalue weighted by Crippen LogP contribution is 2.43. The first kappa shape index (κ1) is 21.0. The zero-order valence-corrected chi connectivity index (χ0v) is 17.4. The lowest BCUT2D eigenvalue weighted by Crippen LogP contribution is -2.37. The summed E-state index contributed by atoms with van der Waals surface area (Å²) in [5.41, 5.74) is 3.25. The van der Waals surface area contributed by atoms with E-state index in [1.165, 1.54) is 7.11 Å². The van der Waals surface area contributed by atoms with Crippen molar-refractivity contribution in [3.05, 3.63) is 46.7 Å². The first-order valence-electron chi connectivity index (χ1n) is 9.99. The van der Waals surface area contributed by atoms with Gasteiger partial charge in [0.25, 0.3) is 0 Å². The molecule has 1 aliphatic carbocycles. The third-order valence-electron chi connectivity index (χ3n) is 5.34. The number of rotatable bonds is 5. The molecule has 2 atom stereocenters. The lowest BCUT2D eigenvalue weighted by Gasteiger charge is -2.34. The second kappa shape index (κ2) is 8.72. The number of allylic oxidation sites excluding steroid dienone is 2. The molecular formula is C23H27NO5. The summed E-state index contributed by atoms with van der Waals surface area (Å²) in [6, 6.07) is 6.88. The molecule has 0 aromatic heterocycles. The molecule has 3 rings (SSSR count). The van der Waals surface area contributed by atoms with Crippen LogP contribution < -0.4 is 0 Å². The number of hydrogen-bond acceptors (Lipinski definition) is 6. The Morgan fingerprint density at radius 3 is 2.48 bits per heavy atom. The third-order valence-corrected chi connectivity index (χ3v) is 5.34. The number of ketones is 1. The first-order valence-corrected chi connectivity index (χ1v) is 9.99. The van der Waals surface area contributed by atoms with Crippen LogP contribution in [0.2, 0.25) is 0 Å². The van der Waals surface area contributed by atoms with E-state index >= 15 is 0 Å². The monoisotopic (exact) mass is 397 g/mol. The van der Waals surface area contributed by atoms with Crippen LogP contribution in [-0.4, -0.2) is 37.2 Å². The number of carbonyl (C=O) groups excluding carboxylic acids is 3. The van der Waals surface area contributed by atoms with E-state index in [9.17, 15) is 14.4 Å². The van der Waals surface area contributed by atoms with Gasteiger partial charge in [0.05, 0.1) is 19.3 Å². The number of carbonyl (C=O) groups is 3. The van der Waals surface area contributed by atoms with Crippen molar-refractivity contribution in [2.24, 2.45) is 16.8 Å². The number of ether oxygens (including phenoxy) is 2. The molecule has 0 N–H and O–H groups in total. The second-order valence-electron chi connectivity index (χ2n) is 7.98. The zero-order valence-electron chi connectivity index (χ0n) is 17.4. The summed E-state index contributed by atoms with van der Waals surface area (Å²) in [4.78, 5) is 42.2. The van der Waals surface area contributed by atoms with Crippen molar-refractivity contribution in [3.63, 3.8) is 0 Å². The minimum absolute atomic E-state index is 0.0335. The summed E-state index contributed by atoms with van der Waals surface area (Å²) in [5.74, 6) is -1.67. The number of Topliss-reactive ketones (excluding diaryl/α,β-unsaturated/α-hetero) is 1. The largest absolute Gasteiger partial charge is 0.465 e. The molecule has 0 amide bonds. The number of methoxy groups -OCH3 is 1. The highest BCUT2D eigenvalue weighted by atomic mass is 16.5. The van der Waals surface area contributed by atoms with Crippen LogP contribution in [0.25, 0.3) is 0 Å². The molecule has 1 aromatic carbocycles. The Hall–Kier alpha value is -2.76. The molecule has 6 heteroatoms. The quantitative estimate of drug-likeness (QED) is 0.705. The van der Waals surface area contributed by atoms with Gasteiger partial charge in [0.15, 0.2) is 5.78 Å². The molecule has 1 unspecified atom stereocenters. The van der Waals surface area contributed by atoms with E-state index in [4.69, 9.17) is 9.47 Å². The van der Waals surface area contributed by atoms with Crippen molar-refractivity contribution in [1.82, 2.24) is 0 Å². The van der Waals surface area contributed by atoms with Gasteiger partial charge in [-0.05, 0) is 43.4 Å². The van der Waals surface area contributed by atoms with Crippen LogP contribution in [0.1, 0.15) is 61.9 Å². The minimum atomic E-state index is -0.654. The van der Waals surface area contributed by atoms with Gasteiger partial charge in [0, 0.05) is 29.3 Å². The Bertz CT molecular complexity index is 879. The number of nitrogens with zero attached hydrogens (tertiary/aromatic N) is 1. The predicted octanol–water partition coefficient (Wildman–Crippen LogP) is 3.85. The van der Waals surface area contributed by atoms with Gasteiger partial charge in [-0.25, -0.2) is 4.79 Å². The average molecular weight is 397 g/mol. The summed E-state index contributed by atoms with van der Waals surface area (Å²) in [7, 11) is 1.33. The lowest BCUT2D eigenvalue weighted by atomic mass is 9.71. The summed E-state index contributed by atoms with van der Waals surface area (Å²) >= 11 is 0. The molecule has 0 fully saturated rings. The fraction of sp³-hybridized carbons (Fsp3) is 0.478. The zero-order chi connectivity index (χ0) is 21.1. The van der Waals surface area contributed by atoms with Crippen molar-refractivity contribution < 1.29 is 23.9 Å². The van der Waals surface area contributed by atoms with E-state index in [0.29, 0.717) is 29.9 Å². The number of benzene rings is 1. The molecule has 154 valence electrons. The van der Waals surface area contributed by atoms with Crippen LogP contribution in [0, 0.1) is 11.8 Å². The van der Waals surface area contributed by atoms with Gasteiger partial charge in [-0.1, -0.05) is 26.0 Å². The molecular weight excluding hydrogens is 370 g/mol. The van der Waals surface area contributed by atoms with Crippen molar-refractivity contribution in [3.8, 4) is 0 Å². The Morgan fingerprint density at radius 1 is 1.17 bits per heavy atom. The van der Waals surface area contributed by atoms with Crippen LogP contribution in [0.4, 0.5) is 0 Å². The first-order chi connectivity index (χ1) is 13.8. The third kappa shape index (κ3) is 4.31. The number of esters is 2. The molecule has 1 aliphatic heterocycles. The van der Waals surface area contributed by atoms with Crippen molar-refractivity contribution >= 4 is 23.4 Å². The number of aliphatic imine (C=N–C) groups is 1. The molecule has 1 aromatic rings. The highest BCUT2D eigenvalue weighted by molar-refractivity contribution is 6.08. The van der Waals surface area contributed by atoms with Gasteiger partial charge in [-0.15, -0.1) is 0 Å². The maximum Gasteiger partial charge on any atom is 0.337 e. The molecule has 2 aliphatic rings. The van der Waals surface area contributed by atoms with Crippen molar-refractivity contribution in [1.29, 1.82) is 0 Å². The predicted molar refractivity (Wildman–Crippen MR) is 109 cm³/mol. The Morgan fingerprint density at radius 2 is 1.86 bits per heavy atom. The van der Waals surface area contributed by atoms with Crippen LogP contribution in [0.5, 0.6) is 0 Å². The minimum Gasteiger partial charge on any atom is -0.465 e. The summed E-state index contributed by atoms with van der Waals surface area (Å²) in [6.07, 6.45) is 1.95. The Kier molecular flexibility index (Phi) is 6.30. The maximum absolute atomic E-state index is 13.0. The molecule has 0 radical (unpaired) electrons. The van der Waals surface area contributed by atoms with Crippen LogP contribution in [-0.2, 0) is 19.1 Å². The lowest BCUT2D eigenvalue weighted by molar-refractivity contribution is -0.147.